The van der Waals surface area contributed by atoms with Crippen LogP contribution in [0.25, 0.3) is 0 Å². The van der Waals surface area contributed by atoms with Gasteiger partial charge in [-0.2, -0.15) is 0 Å². The van der Waals surface area contributed by atoms with E-state index in [0.29, 0.717) is 5.56 Å². The molecule has 3 aromatic rings. The molecule has 0 saturated carbocycles. The number of rotatable bonds is 7. The summed E-state index contributed by atoms with van der Waals surface area (Å²) in [6.07, 6.45) is -1.76. The van der Waals surface area contributed by atoms with E-state index in [1.165, 1.54) is 10.8 Å². The fourth-order valence-corrected chi connectivity index (χ4v) is 9.81. The maximum absolute atomic E-state index is 12.6. The van der Waals surface area contributed by atoms with Crippen molar-refractivity contribution in [2.75, 3.05) is 6.61 Å². The average molecular weight is 511 g/mol. The average Bonchev–Trinajstić information content (AvgIpc) is 3.28. The van der Waals surface area contributed by atoms with Crippen molar-refractivity contribution in [2.24, 2.45) is 0 Å². The van der Waals surface area contributed by atoms with Gasteiger partial charge < -0.3 is 19.4 Å². The van der Waals surface area contributed by atoms with E-state index in [-0.39, 0.29) is 11.5 Å². The molecular weight excluding hydrogens is 476 g/mol. The molecule has 192 valence electrons. The Hall–Kier alpha value is -2.82. The molecule has 8 nitrogen and oxygen atoms in total. The fraction of sp³-hybridized carbons (Fsp3) is 0.407. The van der Waals surface area contributed by atoms with Crippen molar-refractivity contribution in [2.45, 2.75) is 63.7 Å². The van der Waals surface area contributed by atoms with E-state index in [9.17, 15) is 19.8 Å². The largest absolute Gasteiger partial charge is 0.402 e. The molecule has 1 aliphatic rings. The van der Waals surface area contributed by atoms with Crippen LogP contribution in [0, 0.1) is 6.92 Å². The molecule has 0 aliphatic carbocycles. The number of hydrogen-bond acceptors (Lipinski definition) is 6. The number of hydrogen-bond donors (Lipinski definition) is 3. The first kappa shape index (κ1) is 26.2. The Morgan fingerprint density at radius 2 is 1.64 bits per heavy atom. The first-order valence-corrected chi connectivity index (χ1v) is 14.0. The number of aromatic amines is 1. The van der Waals surface area contributed by atoms with Crippen molar-refractivity contribution in [1.29, 1.82) is 0 Å². The van der Waals surface area contributed by atoms with Crippen LogP contribution in [-0.2, 0) is 9.16 Å². The van der Waals surface area contributed by atoms with Gasteiger partial charge in [0.15, 0.2) is 0 Å². The molecule has 0 spiro atoms. The van der Waals surface area contributed by atoms with Gasteiger partial charge in [0.1, 0.15) is 18.4 Å². The van der Waals surface area contributed by atoms with Crippen LogP contribution in [0.2, 0.25) is 5.04 Å². The highest BCUT2D eigenvalue weighted by atomic mass is 28.4. The fourth-order valence-electron chi connectivity index (χ4n) is 5.11. The number of aryl methyl sites for hydroxylation is 1. The lowest BCUT2D eigenvalue weighted by Gasteiger charge is -2.45. The van der Waals surface area contributed by atoms with Gasteiger partial charge in [0.05, 0.1) is 12.7 Å². The lowest BCUT2D eigenvalue weighted by Crippen LogP contribution is -2.68. The van der Waals surface area contributed by atoms with Crippen LogP contribution in [0.1, 0.15) is 39.0 Å². The number of H-pyrrole nitrogens is 1. The van der Waals surface area contributed by atoms with Gasteiger partial charge in [-0.1, -0.05) is 81.4 Å². The van der Waals surface area contributed by atoms with Gasteiger partial charge in [-0.15, -0.1) is 0 Å². The standard InChI is InChI=1S/C27H34N2O6Si/c1-18-16-29(26(33)28-25(18)32)23-15-22(24(34-23)21(31)17-30)35-36(27(2,3)4,19-11-7-5-8-12-19)20-13-9-6-10-14-20/h5-14,16,21-24,30-31H,15,17H2,1-4H3,(H,28,32,33)/t21-,22-,23+,24+/m0/s1. The van der Waals surface area contributed by atoms with Crippen molar-refractivity contribution in [1.82, 2.24) is 9.55 Å². The van der Waals surface area contributed by atoms with Crippen molar-refractivity contribution < 1.29 is 19.4 Å². The molecule has 0 unspecified atom stereocenters. The second-order valence-corrected chi connectivity index (χ2v) is 14.6. The van der Waals surface area contributed by atoms with Crippen molar-refractivity contribution in [3.05, 3.63) is 93.3 Å². The Bertz CT molecular complexity index is 1250. The van der Waals surface area contributed by atoms with Crippen LogP contribution in [0.5, 0.6) is 0 Å². The minimum absolute atomic E-state index is 0.262. The van der Waals surface area contributed by atoms with E-state index >= 15 is 0 Å². The van der Waals surface area contributed by atoms with Crippen LogP contribution >= 0.6 is 0 Å². The first-order valence-electron chi connectivity index (χ1n) is 12.1. The molecule has 0 bridgehead atoms. The zero-order chi connectivity index (χ0) is 26.1. The number of aliphatic hydroxyl groups excluding tert-OH is 2. The third-order valence-corrected chi connectivity index (χ3v) is 11.9. The zero-order valence-corrected chi connectivity index (χ0v) is 22.0. The maximum Gasteiger partial charge on any atom is 0.330 e. The second kappa shape index (κ2) is 10.3. The van der Waals surface area contributed by atoms with E-state index in [1.807, 2.05) is 36.4 Å². The highest BCUT2D eigenvalue weighted by molar-refractivity contribution is 6.99. The van der Waals surface area contributed by atoms with Gasteiger partial charge in [-0.05, 0) is 22.3 Å². The normalized spacial score (nSPS) is 21.4. The first-order chi connectivity index (χ1) is 17.1. The lowest BCUT2D eigenvalue weighted by molar-refractivity contribution is -0.0942. The van der Waals surface area contributed by atoms with E-state index in [4.69, 9.17) is 9.16 Å². The number of aromatic nitrogens is 2. The molecule has 36 heavy (non-hydrogen) atoms. The molecule has 1 aromatic heterocycles. The van der Waals surface area contributed by atoms with Gasteiger partial charge in [-0.25, -0.2) is 4.79 Å². The van der Waals surface area contributed by atoms with Gasteiger partial charge >= 0.3 is 5.69 Å². The molecule has 1 aliphatic heterocycles. The Kier molecular flexibility index (Phi) is 7.49. The lowest BCUT2D eigenvalue weighted by atomic mass is 10.1. The summed E-state index contributed by atoms with van der Waals surface area (Å²) in [6.45, 7) is 7.55. The predicted octanol–water partition coefficient (Wildman–Crippen LogP) is 1.43. The highest BCUT2D eigenvalue weighted by Gasteiger charge is 2.54. The SMILES string of the molecule is Cc1cn([C@H]2C[C@H](O[Si](c3ccccc3)(c3ccccc3)C(C)(C)C)[C@@H]([C@@H](O)CO)O2)c(=O)[nH]c1=O. The summed E-state index contributed by atoms with van der Waals surface area (Å²) in [5.74, 6) is 0. The monoisotopic (exact) mass is 510 g/mol. The molecule has 0 radical (unpaired) electrons. The van der Waals surface area contributed by atoms with Crippen LogP contribution in [0.15, 0.2) is 76.4 Å². The summed E-state index contributed by atoms with van der Waals surface area (Å²) in [4.78, 5) is 26.8. The molecular formula is C27H34N2O6Si. The van der Waals surface area contributed by atoms with E-state index in [2.05, 4.69) is 50.0 Å². The van der Waals surface area contributed by atoms with Crippen LogP contribution in [0.3, 0.4) is 0 Å². The van der Waals surface area contributed by atoms with Crippen LogP contribution < -0.4 is 21.6 Å². The molecule has 4 atom stereocenters. The number of nitrogens with one attached hydrogen (secondary N) is 1. The Balaban J connectivity index is 1.83. The molecule has 2 heterocycles. The molecule has 3 N–H and O–H groups in total. The Morgan fingerprint density at radius 1 is 1.08 bits per heavy atom. The van der Waals surface area contributed by atoms with Gasteiger partial charge in [-0.3, -0.25) is 14.3 Å². The predicted molar refractivity (Wildman–Crippen MR) is 140 cm³/mol. The summed E-state index contributed by atoms with van der Waals surface area (Å²) >= 11 is 0. The third kappa shape index (κ3) is 4.77. The molecule has 2 aromatic carbocycles. The second-order valence-electron chi connectivity index (χ2n) is 10.3. The van der Waals surface area contributed by atoms with Gasteiger partial charge in [0.2, 0.25) is 0 Å². The third-order valence-electron chi connectivity index (χ3n) is 6.88. The summed E-state index contributed by atoms with van der Waals surface area (Å²) < 4.78 is 14.6. The number of aliphatic hydroxyl groups is 2. The Labute approximate surface area is 211 Å². The minimum Gasteiger partial charge on any atom is -0.402 e. The number of benzene rings is 2. The summed E-state index contributed by atoms with van der Waals surface area (Å²) in [6, 6.07) is 20.2. The molecule has 4 rings (SSSR count). The van der Waals surface area contributed by atoms with Crippen molar-refractivity contribution in [3.63, 3.8) is 0 Å². The van der Waals surface area contributed by atoms with Crippen LogP contribution in [0.4, 0.5) is 0 Å². The number of ether oxygens (including phenoxy) is 1. The van der Waals surface area contributed by atoms with Gasteiger partial charge in [0, 0.05) is 18.2 Å². The van der Waals surface area contributed by atoms with E-state index in [0.717, 1.165) is 10.4 Å². The van der Waals surface area contributed by atoms with E-state index in [1.54, 1.807) is 6.92 Å². The smallest absolute Gasteiger partial charge is 0.330 e. The maximum atomic E-state index is 12.6. The van der Waals surface area contributed by atoms with Gasteiger partial charge in [0.25, 0.3) is 13.9 Å². The molecule has 9 heteroatoms. The topological polar surface area (TPSA) is 114 Å². The number of nitrogens with zero attached hydrogens (tertiary/aromatic N) is 1. The van der Waals surface area contributed by atoms with E-state index < -0.39 is 50.7 Å². The molecule has 1 fully saturated rings. The molecule has 1 saturated heterocycles. The summed E-state index contributed by atoms with van der Waals surface area (Å²) in [5, 5.41) is 22.4. The quantitative estimate of drug-likeness (QED) is 0.415. The van der Waals surface area contributed by atoms with Crippen molar-refractivity contribution >= 4 is 18.7 Å². The zero-order valence-electron chi connectivity index (χ0n) is 21.0. The van der Waals surface area contributed by atoms with Crippen LogP contribution in [-0.4, -0.2) is 53.0 Å². The van der Waals surface area contributed by atoms with Crippen molar-refractivity contribution in [3.8, 4) is 0 Å². The summed E-state index contributed by atoms with van der Waals surface area (Å²) in [7, 11) is -3.00. The highest BCUT2D eigenvalue weighted by Crippen LogP contribution is 2.41. The molecule has 0 amide bonds. The minimum atomic E-state index is -3.00. The summed E-state index contributed by atoms with van der Waals surface area (Å²) in [5.41, 5.74) is -0.686. The Morgan fingerprint density at radius 3 is 2.14 bits per heavy atom.